The van der Waals surface area contributed by atoms with E-state index >= 15 is 0 Å². The molecule has 0 aromatic carbocycles. The fraction of sp³-hybridized carbons (Fsp3) is 0.529. The number of rotatable bonds is 12. The zero-order chi connectivity index (χ0) is 36.5. The van der Waals surface area contributed by atoms with Crippen LogP contribution in [0.15, 0.2) is 64.2 Å². The summed E-state index contributed by atoms with van der Waals surface area (Å²) in [6.45, 7) is 24.0. The van der Waals surface area contributed by atoms with Gasteiger partial charge in [-0.3, -0.25) is 9.13 Å². The minimum atomic E-state index is -1.83. The van der Waals surface area contributed by atoms with Gasteiger partial charge in [0.15, 0.2) is 43.0 Å². The van der Waals surface area contributed by atoms with Gasteiger partial charge in [-0.1, -0.05) is 65.0 Å². The highest BCUT2D eigenvalue weighted by Gasteiger charge is 2.38. The highest BCUT2D eigenvalue weighted by atomic mass is 32.1. The van der Waals surface area contributed by atoms with Gasteiger partial charge >= 0.3 is 0 Å². The minimum Gasteiger partial charge on any atom is -0.411 e. The normalized spacial score (nSPS) is 13.5. The number of methoxy groups -OCH3 is 2. The molecule has 49 heavy (non-hydrogen) atoms. The third-order valence-corrected chi connectivity index (χ3v) is 19.2. The Balaban J connectivity index is 0.000000266. The van der Waals surface area contributed by atoms with E-state index in [1.165, 1.54) is 6.20 Å². The number of halogens is 1. The van der Waals surface area contributed by atoms with E-state index in [1.807, 2.05) is 46.5 Å². The highest BCUT2D eigenvalue weighted by Crippen LogP contribution is 2.38. The predicted octanol–water partition coefficient (Wildman–Crippen LogP) is 8.74. The number of nitrogens with zero attached hydrogens (tertiary/aromatic N) is 6. The van der Waals surface area contributed by atoms with Crippen molar-refractivity contribution in [1.29, 1.82) is 0 Å². The van der Waals surface area contributed by atoms with E-state index in [1.54, 1.807) is 36.2 Å². The SMILES string of the molecule is COCn1cc(F)sc1=Nc1cccc(CO[Si](C)(C)C(C)(C)C)n1.COCn1ccsc1=Nc1cccc(CO[Si](C)(C)C(C)(C)C)n1. The van der Waals surface area contributed by atoms with Gasteiger partial charge in [-0.2, -0.15) is 4.39 Å². The first kappa shape index (κ1) is 40.8. The fourth-order valence-corrected chi connectivity index (χ4v) is 6.97. The van der Waals surface area contributed by atoms with Gasteiger partial charge in [0.2, 0.25) is 0 Å². The Labute approximate surface area is 300 Å². The Morgan fingerprint density at radius 3 is 1.67 bits per heavy atom. The van der Waals surface area contributed by atoms with Crippen molar-refractivity contribution in [3.05, 3.63) is 80.3 Å². The van der Waals surface area contributed by atoms with Gasteiger partial charge in [0.05, 0.1) is 30.8 Å². The molecule has 0 saturated heterocycles. The van der Waals surface area contributed by atoms with Gasteiger partial charge in [0.1, 0.15) is 13.5 Å². The van der Waals surface area contributed by atoms with E-state index in [0.29, 0.717) is 36.4 Å². The molecule has 10 nitrogen and oxygen atoms in total. The van der Waals surface area contributed by atoms with Crippen LogP contribution < -0.4 is 9.60 Å². The van der Waals surface area contributed by atoms with Crippen LogP contribution in [-0.2, 0) is 45.0 Å². The highest BCUT2D eigenvalue weighted by molar-refractivity contribution is 7.07. The minimum absolute atomic E-state index is 0.148. The van der Waals surface area contributed by atoms with E-state index in [2.05, 4.69) is 87.7 Å². The topological polar surface area (TPSA) is 97.3 Å². The quantitative estimate of drug-likeness (QED) is 0.135. The molecule has 0 atom stereocenters. The lowest BCUT2D eigenvalue weighted by Gasteiger charge is -2.36. The first-order valence-corrected chi connectivity index (χ1v) is 23.6. The van der Waals surface area contributed by atoms with E-state index < -0.39 is 16.6 Å². The van der Waals surface area contributed by atoms with E-state index in [9.17, 15) is 4.39 Å². The molecule has 0 saturated carbocycles. The summed E-state index contributed by atoms with van der Waals surface area (Å²) in [5.41, 5.74) is 1.73. The Morgan fingerprint density at radius 2 is 1.20 bits per heavy atom. The molecule has 0 spiro atoms. The van der Waals surface area contributed by atoms with Gasteiger partial charge in [0, 0.05) is 25.8 Å². The molecule has 0 aliphatic rings. The number of ether oxygens (including phenoxy) is 2. The second-order valence-electron chi connectivity index (χ2n) is 14.6. The van der Waals surface area contributed by atoms with E-state index in [4.69, 9.17) is 18.3 Å². The molecule has 4 aromatic rings. The van der Waals surface area contributed by atoms with Crippen LogP contribution in [0.4, 0.5) is 16.0 Å². The third-order valence-electron chi connectivity index (χ3n) is 8.67. The summed E-state index contributed by atoms with van der Waals surface area (Å²) in [5.74, 6) is 1.22. The number of thiazole rings is 2. The molecule has 0 amide bonds. The van der Waals surface area contributed by atoms with Crippen molar-refractivity contribution in [2.24, 2.45) is 9.98 Å². The van der Waals surface area contributed by atoms with Gasteiger partial charge in [-0.05, 0) is 60.5 Å². The molecule has 4 aromatic heterocycles. The lowest BCUT2D eigenvalue weighted by atomic mass is 10.2. The Hall–Kier alpha value is -2.64. The molecule has 4 heterocycles. The number of aromatic nitrogens is 4. The molecule has 0 aliphatic heterocycles. The lowest BCUT2D eigenvalue weighted by Crippen LogP contribution is -2.40. The van der Waals surface area contributed by atoms with Crippen molar-refractivity contribution in [2.45, 2.75) is 104 Å². The number of pyridine rings is 2. The molecular weight excluding hydrogens is 696 g/mol. The van der Waals surface area contributed by atoms with Gasteiger partial charge in [0.25, 0.3) is 0 Å². The molecule has 0 unspecified atom stereocenters. The van der Waals surface area contributed by atoms with Gasteiger partial charge in [-0.25, -0.2) is 20.0 Å². The molecule has 0 bridgehead atoms. The monoisotopic (exact) mass is 748 g/mol. The molecule has 0 aliphatic carbocycles. The maximum atomic E-state index is 13.5. The summed E-state index contributed by atoms with van der Waals surface area (Å²) in [5, 5.41) is 2.02. The molecule has 0 radical (unpaired) electrons. The van der Waals surface area contributed by atoms with Crippen molar-refractivity contribution < 1.29 is 22.7 Å². The molecule has 270 valence electrons. The molecule has 4 rings (SSSR count). The zero-order valence-corrected chi connectivity index (χ0v) is 34.7. The van der Waals surface area contributed by atoms with Crippen LogP contribution in [-0.4, -0.2) is 50.0 Å². The summed E-state index contributed by atoms with van der Waals surface area (Å²) in [4.78, 5) is 19.6. The average molecular weight is 749 g/mol. The lowest BCUT2D eigenvalue weighted by molar-refractivity contribution is 0.128. The van der Waals surface area contributed by atoms with E-state index in [0.717, 1.165) is 27.5 Å². The zero-order valence-electron chi connectivity index (χ0n) is 31.0. The summed E-state index contributed by atoms with van der Waals surface area (Å²) in [6, 6.07) is 11.5. The van der Waals surface area contributed by atoms with Gasteiger partial charge < -0.3 is 18.3 Å². The first-order valence-electron chi connectivity index (χ1n) is 16.1. The summed E-state index contributed by atoms with van der Waals surface area (Å²) >= 11 is 2.52. The fourth-order valence-electron chi connectivity index (χ4n) is 3.65. The van der Waals surface area contributed by atoms with E-state index in [-0.39, 0.29) is 21.9 Å². The Morgan fingerprint density at radius 1 is 0.735 bits per heavy atom. The Bertz CT molecular complexity index is 1770. The third kappa shape index (κ3) is 12.3. The molecule has 15 heteroatoms. The summed E-state index contributed by atoms with van der Waals surface area (Å²) < 4.78 is 39.7. The maximum Gasteiger partial charge on any atom is 0.196 e. The van der Waals surface area contributed by atoms with Crippen LogP contribution in [0.5, 0.6) is 0 Å². The number of hydrogen-bond donors (Lipinski definition) is 0. The summed E-state index contributed by atoms with van der Waals surface area (Å²) in [7, 11) is -0.380. The van der Waals surface area contributed by atoms with Crippen molar-refractivity contribution in [2.75, 3.05) is 14.2 Å². The smallest absolute Gasteiger partial charge is 0.196 e. The van der Waals surface area contributed by atoms with Crippen molar-refractivity contribution in [3.8, 4) is 0 Å². The van der Waals surface area contributed by atoms with Crippen LogP contribution in [0, 0.1) is 5.13 Å². The standard InChI is InChI=1S/C17H26FN3O2SSi.C17H27N3O2SSi/c1-17(2,3)25(5,6)23-11-13-8-7-9-15(19-13)20-16-21(12-22-4)10-14(18)24-16;1-17(2,3)24(5,6)22-12-14-8-7-9-15(18-14)19-16-20(13-21-4)10-11-23-16/h7-10H,11-12H2,1-6H3;7-11H,12-13H2,1-6H3. The first-order chi connectivity index (χ1) is 22.8. The van der Waals surface area contributed by atoms with Gasteiger partial charge in [-0.15, -0.1) is 11.3 Å². The molecule has 0 N–H and O–H groups in total. The van der Waals surface area contributed by atoms with Crippen LogP contribution >= 0.6 is 22.7 Å². The van der Waals surface area contributed by atoms with Crippen molar-refractivity contribution >= 4 is 50.9 Å². The van der Waals surface area contributed by atoms with Crippen LogP contribution in [0.1, 0.15) is 52.9 Å². The maximum absolute atomic E-state index is 13.5. The number of hydrogen-bond acceptors (Lipinski definition) is 10. The van der Waals surface area contributed by atoms with Crippen molar-refractivity contribution in [3.63, 3.8) is 0 Å². The Kier molecular flexibility index (Phi) is 14.6. The predicted molar refractivity (Wildman–Crippen MR) is 201 cm³/mol. The largest absolute Gasteiger partial charge is 0.411 e. The molecular formula is C34H53FN6O4S2Si2. The average Bonchev–Trinajstić information content (AvgIpc) is 3.59. The second kappa shape index (κ2) is 17.5. The second-order valence-corrected chi connectivity index (χ2v) is 26.0. The summed E-state index contributed by atoms with van der Waals surface area (Å²) in [6.07, 6.45) is 3.33. The van der Waals surface area contributed by atoms with Crippen LogP contribution in [0.25, 0.3) is 0 Å². The van der Waals surface area contributed by atoms with Crippen molar-refractivity contribution in [1.82, 2.24) is 19.1 Å². The van der Waals surface area contributed by atoms with Crippen LogP contribution in [0.2, 0.25) is 36.3 Å². The molecule has 0 fully saturated rings. The van der Waals surface area contributed by atoms with Crippen LogP contribution in [0.3, 0.4) is 0 Å².